The lowest BCUT2D eigenvalue weighted by molar-refractivity contribution is 0.0945. The molecule has 0 aromatic heterocycles. The molecule has 0 radical (unpaired) electrons. The van der Waals surface area contributed by atoms with E-state index in [0.29, 0.717) is 18.5 Å². The summed E-state index contributed by atoms with van der Waals surface area (Å²) < 4.78 is 34.6. The van der Waals surface area contributed by atoms with Gasteiger partial charge in [0.1, 0.15) is 13.8 Å². The molecule has 0 atom stereocenters. The van der Waals surface area contributed by atoms with Crippen LogP contribution in [0.3, 0.4) is 0 Å². The Balaban J connectivity index is 2.01. The van der Waals surface area contributed by atoms with Gasteiger partial charge in [-0.05, 0) is 24.1 Å². The lowest BCUT2D eigenvalue weighted by atomic mass is 10.0. The molecule has 0 spiro atoms. The number of ether oxygens (including phenoxy) is 1. The molecule has 0 bridgehead atoms. The van der Waals surface area contributed by atoms with Gasteiger partial charge < -0.3 is 15.8 Å². The monoisotopic (exact) mass is 386 g/mol. The molecule has 2 aromatic carbocycles. The Morgan fingerprint density at radius 2 is 1.96 bits per heavy atom. The van der Waals surface area contributed by atoms with Crippen molar-refractivity contribution < 1.29 is 18.3 Å². The number of anilines is 1. The summed E-state index contributed by atoms with van der Waals surface area (Å²) in [6, 6.07) is 5.78. The van der Waals surface area contributed by atoms with Crippen molar-refractivity contribution in [1.82, 2.24) is 5.32 Å². The van der Waals surface area contributed by atoms with E-state index in [1.807, 2.05) is 19.6 Å². The molecule has 0 saturated heterocycles. The molecule has 27 heavy (non-hydrogen) atoms. The zero-order chi connectivity index (χ0) is 19.8. The van der Waals surface area contributed by atoms with Crippen LogP contribution in [0.15, 0.2) is 24.3 Å². The van der Waals surface area contributed by atoms with Gasteiger partial charge in [-0.15, -0.1) is 5.54 Å². The standard InChI is InChI=1S/C20H20F2N2O2Si/c1-27(2,3)9-7-14-17(23)11-16(21)19(18(14)22)26-13-5-4-12-6-8-24-20(25)15(12)10-13/h4-5,10-11H,6,8,23H2,1-3H3,(H,24,25). The molecule has 2 aromatic rings. The average molecular weight is 386 g/mol. The first-order chi connectivity index (χ1) is 12.7. The lowest BCUT2D eigenvalue weighted by Gasteiger charge is -2.17. The van der Waals surface area contributed by atoms with Crippen LogP contribution in [-0.4, -0.2) is 20.5 Å². The predicted octanol–water partition coefficient (Wildman–Crippen LogP) is 3.85. The van der Waals surface area contributed by atoms with Crippen LogP contribution in [0.5, 0.6) is 11.5 Å². The number of carbonyl (C=O) groups excluding carboxylic acids is 1. The Hall–Kier alpha value is -2.85. The molecular weight excluding hydrogens is 366 g/mol. The van der Waals surface area contributed by atoms with Gasteiger partial charge in [-0.2, -0.15) is 0 Å². The molecule has 0 aliphatic carbocycles. The highest BCUT2D eigenvalue weighted by molar-refractivity contribution is 6.83. The second-order valence-electron chi connectivity index (χ2n) is 7.39. The molecule has 0 saturated carbocycles. The molecule has 3 rings (SSSR count). The van der Waals surface area contributed by atoms with Gasteiger partial charge in [0.2, 0.25) is 0 Å². The van der Waals surface area contributed by atoms with Gasteiger partial charge in [-0.25, -0.2) is 8.78 Å². The third-order valence-corrected chi connectivity index (χ3v) is 4.87. The Bertz CT molecular complexity index is 988. The van der Waals surface area contributed by atoms with Crippen molar-refractivity contribution in [2.24, 2.45) is 0 Å². The second kappa shape index (κ2) is 7.04. The third-order valence-electron chi connectivity index (χ3n) is 3.99. The van der Waals surface area contributed by atoms with Crippen LogP contribution in [0.1, 0.15) is 21.5 Å². The number of amides is 1. The summed E-state index contributed by atoms with van der Waals surface area (Å²) in [5.74, 6) is 0.210. The SMILES string of the molecule is C[Si](C)(C)C#Cc1c(N)cc(F)c(Oc2ccc3c(c2)C(=O)NCC3)c1F. The molecule has 7 heteroatoms. The fraction of sp³-hybridized carbons (Fsp3) is 0.250. The average Bonchev–Trinajstić information content (AvgIpc) is 2.58. The van der Waals surface area contributed by atoms with E-state index >= 15 is 0 Å². The van der Waals surface area contributed by atoms with Crippen molar-refractivity contribution in [2.45, 2.75) is 26.1 Å². The topological polar surface area (TPSA) is 64.3 Å². The van der Waals surface area contributed by atoms with Crippen molar-refractivity contribution >= 4 is 19.7 Å². The maximum absolute atomic E-state index is 14.9. The fourth-order valence-corrected chi connectivity index (χ4v) is 3.16. The summed E-state index contributed by atoms with van der Waals surface area (Å²) in [5, 5.41) is 2.73. The summed E-state index contributed by atoms with van der Waals surface area (Å²) in [5.41, 5.74) is 9.91. The molecule has 0 unspecified atom stereocenters. The molecule has 4 nitrogen and oxygen atoms in total. The summed E-state index contributed by atoms with van der Waals surface area (Å²) >= 11 is 0. The number of hydrogen-bond donors (Lipinski definition) is 2. The number of benzene rings is 2. The first-order valence-corrected chi connectivity index (χ1v) is 12.1. The smallest absolute Gasteiger partial charge is 0.251 e. The van der Waals surface area contributed by atoms with Gasteiger partial charge in [-0.3, -0.25) is 4.79 Å². The maximum atomic E-state index is 14.9. The van der Waals surface area contributed by atoms with Gasteiger partial charge in [0.05, 0.1) is 11.3 Å². The summed E-state index contributed by atoms with van der Waals surface area (Å²) in [6.07, 6.45) is 0.697. The molecule has 1 aliphatic heterocycles. The van der Waals surface area contributed by atoms with Crippen molar-refractivity contribution in [3.8, 4) is 23.0 Å². The Morgan fingerprint density at radius 3 is 2.67 bits per heavy atom. The second-order valence-corrected chi connectivity index (χ2v) is 12.1. The molecule has 0 fully saturated rings. The number of halogens is 2. The quantitative estimate of drug-likeness (QED) is 0.468. The fourth-order valence-electron chi connectivity index (χ4n) is 2.66. The van der Waals surface area contributed by atoms with E-state index in [-0.39, 0.29) is 22.9 Å². The number of fused-ring (bicyclic) bond motifs is 1. The number of hydrogen-bond acceptors (Lipinski definition) is 3. The zero-order valence-corrected chi connectivity index (χ0v) is 16.4. The maximum Gasteiger partial charge on any atom is 0.251 e. The highest BCUT2D eigenvalue weighted by Crippen LogP contribution is 2.33. The lowest BCUT2D eigenvalue weighted by Crippen LogP contribution is -2.31. The van der Waals surface area contributed by atoms with Crippen molar-refractivity contribution in [2.75, 3.05) is 12.3 Å². The minimum absolute atomic E-state index is 0.0760. The molecule has 3 N–H and O–H groups in total. The Kier molecular flexibility index (Phi) is 4.94. The van der Waals surface area contributed by atoms with Gasteiger partial charge in [0.25, 0.3) is 5.91 Å². The number of carbonyl (C=O) groups is 1. The normalized spacial score (nSPS) is 13.3. The largest absolute Gasteiger partial charge is 0.451 e. The van der Waals surface area contributed by atoms with Crippen LogP contribution in [0, 0.1) is 23.1 Å². The number of nitrogen functional groups attached to an aromatic ring is 1. The van der Waals surface area contributed by atoms with Crippen LogP contribution in [0.4, 0.5) is 14.5 Å². The Morgan fingerprint density at radius 1 is 1.22 bits per heavy atom. The Labute approximate surface area is 157 Å². The minimum atomic E-state index is -1.78. The summed E-state index contributed by atoms with van der Waals surface area (Å²) in [7, 11) is -1.78. The van der Waals surface area contributed by atoms with E-state index in [4.69, 9.17) is 10.5 Å². The van der Waals surface area contributed by atoms with Crippen LogP contribution in [-0.2, 0) is 6.42 Å². The van der Waals surface area contributed by atoms with Gasteiger partial charge in [0, 0.05) is 18.2 Å². The third kappa shape index (κ3) is 4.12. The van der Waals surface area contributed by atoms with Crippen LogP contribution < -0.4 is 15.8 Å². The number of rotatable bonds is 2. The van der Waals surface area contributed by atoms with Gasteiger partial charge >= 0.3 is 0 Å². The van der Waals surface area contributed by atoms with E-state index in [1.54, 1.807) is 12.1 Å². The van der Waals surface area contributed by atoms with Crippen molar-refractivity contribution in [1.29, 1.82) is 0 Å². The van der Waals surface area contributed by atoms with E-state index in [2.05, 4.69) is 16.8 Å². The van der Waals surface area contributed by atoms with Crippen molar-refractivity contribution in [3.05, 3.63) is 52.6 Å². The highest BCUT2D eigenvalue weighted by atomic mass is 28.3. The molecule has 1 heterocycles. The van der Waals surface area contributed by atoms with Crippen LogP contribution >= 0.6 is 0 Å². The first kappa shape index (κ1) is 18.9. The molecule has 1 amide bonds. The van der Waals surface area contributed by atoms with E-state index < -0.39 is 25.5 Å². The van der Waals surface area contributed by atoms with E-state index in [0.717, 1.165) is 11.6 Å². The molecular formula is C20H20F2N2O2Si. The van der Waals surface area contributed by atoms with Crippen LogP contribution in [0.2, 0.25) is 19.6 Å². The van der Waals surface area contributed by atoms with Gasteiger partial charge in [0.15, 0.2) is 17.4 Å². The molecule has 140 valence electrons. The van der Waals surface area contributed by atoms with Gasteiger partial charge in [-0.1, -0.05) is 31.6 Å². The van der Waals surface area contributed by atoms with E-state index in [1.165, 1.54) is 6.07 Å². The number of nitrogens with two attached hydrogens (primary N) is 1. The minimum Gasteiger partial charge on any atom is -0.451 e. The first-order valence-electron chi connectivity index (χ1n) is 8.55. The highest BCUT2D eigenvalue weighted by Gasteiger charge is 2.21. The summed E-state index contributed by atoms with van der Waals surface area (Å²) in [4.78, 5) is 12.0. The number of nitrogens with one attached hydrogen (secondary N) is 1. The predicted molar refractivity (Wildman–Crippen MR) is 104 cm³/mol. The molecule has 1 aliphatic rings. The summed E-state index contributed by atoms with van der Waals surface area (Å²) in [6.45, 7) is 6.58. The van der Waals surface area contributed by atoms with Crippen molar-refractivity contribution in [3.63, 3.8) is 0 Å². The zero-order valence-electron chi connectivity index (χ0n) is 15.4. The van der Waals surface area contributed by atoms with E-state index in [9.17, 15) is 13.6 Å². The van der Waals surface area contributed by atoms with Crippen LogP contribution in [0.25, 0.3) is 0 Å².